The van der Waals surface area contributed by atoms with Gasteiger partial charge in [-0.25, -0.2) is 4.98 Å². The van der Waals surface area contributed by atoms with Crippen LogP contribution in [0.2, 0.25) is 0 Å². The molecule has 0 spiro atoms. The molecule has 0 unspecified atom stereocenters. The average Bonchev–Trinajstić information content (AvgIpc) is 3.17. The van der Waals surface area contributed by atoms with E-state index in [1.54, 1.807) is 47.4 Å². The van der Waals surface area contributed by atoms with Gasteiger partial charge in [-0.1, -0.05) is 32.0 Å². The van der Waals surface area contributed by atoms with E-state index in [-0.39, 0.29) is 68.3 Å². The van der Waals surface area contributed by atoms with E-state index in [1.165, 1.54) is 24.9 Å². The lowest BCUT2D eigenvalue weighted by atomic mass is 10.0. The summed E-state index contributed by atoms with van der Waals surface area (Å²) in [5, 5.41) is 21.9. The maximum Gasteiger partial charge on any atom is 0.261 e. The Hall–Kier alpha value is -5.51. The summed E-state index contributed by atoms with van der Waals surface area (Å²) in [5.41, 5.74) is 1.11. The number of fused-ring (bicyclic) bond motifs is 24. The largest absolute Gasteiger partial charge is 0.493 e. The molecule has 2 aliphatic rings. The molecule has 56 heavy (non-hydrogen) atoms. The third-order valence-corrected chi connectivity index (χ3v) is 9.38. The van der Waals surface area contributed by atoms with Crippen molar-refractivity contribution in [1.29, 1.82) is 0 Å². The van der Waals surface area contributed by atoms with Gasteiger partial charge in [0, 0.05) is 45.6 Å². The number of hydrogen-bond donors (Lipinski definition) is 5. The molecule has 1 aromatic heterocycles. The van der Waals surface area contributed by atoms with Crippen LogP contribution in [0.15, 0.2) is 53.6 Å². The number of carbonyl (C=O) groups is 5. The molecule has 16 heteroatoms. The minimum Gasteiger partial charge on any atom is -0.493 e. The molecule has 0 saturated carbocycles. The number of amides is 5. The molecule has 5 amide bonds. The van der Waals surface area contributed by atoms with Crippen LogP contribution in [0, 0.1) is 5.92 Å². The highest BCUT2D eigenvalue weighted by Gasteiger charge is 2.30. The SMILES string of the molecule is COc1cc2ccc1OCC(=O)NCCCN(C(=O)CCn1cnc3ccccc3c1=O)CCCCNC(=O)[C@H]([C@@H](C)O)NC(=O)[C@@H](CC(C)C)NC(=O)CC2. The number of carbonyl (C=O) groups excluding carboxylic acids is 5. The molecular weight excluding hydrogens is 722 g/mol. The number of benzene rings is 2. The Kier molecular flexibility index (Phi) is 16.6. The smallest absolute Gasteiger partial charge is 0.261 e. The van der Waals surface area contributed by atoms with E-state index in [1.807, 2.05) is 13.8 Å². The normalized spacial score (nSPS) is 19.4. The first-order chi connectivity index (χ1) is 26.9. The zero-order valence-corrected chi connectivity index (χ0v) is 32.7. The van der Waals surface area contributed by atoms with Gasteiger partial charge in [0.2, 0.25) is 23.6 Å². The molecule has 0 fully saturated rings. The second kappa shape index (κ2) is 21.5. The highest BCUT2D eigenvalue weighted by Crippen LogP contribution is 2.28. The molecule has 3 heterocycles. The molecule has 3 atom stereocenters. The van der Waals surface area contributed by atoms with Crippen LogP contribution in [0.1, 0.15) is 64.9 Å². The number of ether oxygens (including phenoxy) is 2. The van der Waals surface area contributed by atoms with Gasteiger partial charge in [-0.05, 0) is 74.8 Å². The summed E-state index contributed by atoms with van der Waals surface area (Å²) >= 11 is 0. The fourth-order valence-corrected chi connectivity index (χ4v) is 6.32. The lowest BCUT2D eigenvalue weighted by Crippen LogP contribution is -2.57. The van der Waals surface area contributed by atoms with E-state index in [9.17, 15) is 33.9 Å². The summed E-state index contributed by atoms with van der Waals surface area (Å²) in [6, 6.07) is 9.94. The van der Waals surface area contributed by atoms with E-state index in [2.05, 4.69) is 26.3 Å². The molecule has 2 bridgehead atoms. The fourth-order valence-electron chi connectivity index (χ4n) is 6.32. The van der Waals surface area contributed by atoms with E-state index in [0.717, 1.165) is 5.56 Å². The maximum atomic E-state index is 13.5. The Morgan fingerprint density at radius 2 is 1.68 bits per heavy atom. The fraction of sp³-hybridized carbons (Fsp3) is 0.525. The maximum absolute atomic E-state index is 13.5. The molecule has 2 aliphatic heterocycles. The number of hydrogen-bond acceptors (Lipinski definition) is 10. The summed E-state index contributed by atoms with van der Waals surface area (Å²) in [5.74, 6) is -1.31. The summed E-state index contributed by atoms with van der Waals surface area (Å²) in [6.45, 7) is 6.25. The van der Waals surface area contributed by atoms with Gasteiger partial charge in [0.25, 0.3) is 11.5 Å². The topological polar surface area (TPSA) is 210 Å². The Labute approximate surface area is 326 Å². The lowest BCUT2D eigenvalue weighted by molar-refractivity contribution is -0.134. The third-order valence-electron chi connectivity index (χ3n) is 9.38. The summed E-state index contributed by atoms with van der Waals surface area (Å²) in [7, 11) is 1.47. The van der Waals surface area contributed by atoms with Gasteiger partial charge in [-0.2, -0.15) is 0 Å². The van der Waals surface area contributed by atoms with Crippen LogP contribution in [0.5, 0.6) is 11.5 Å². The minimum atomic E-state index is -1.26. The molecule has 5 N–H and O–H groups in total. The van der Waals surface area contributed by atoms with E-state index in [0.29, 0.717) is 67.6 Å². The van der Waals surface area contributed by atoms with Gasteiger partial charge in [-0.3, -0.25) is 33.3 Å². The first kappa shape index (κ1) is 43.2. The molecule has 3 aromatic rings. The zero-order chi connectivity index (χ0) is 40.6. The number of rotatable bonds is 7. The van der Waals surface area contributed by atoms with Crippen molar-refractivity contribution in [2.45, 2.75) is 90.4 Å². The van der Waals surface area contributed by atoms with Crippen molar-refractivity contribution >= 4 is 40.4 Å². The predicted octanol–water partition coefficient (Wildman–Crippen LogP) is 1.45. The van der Waals surface area contributed by atoms with E-state index >= 15 is 0 Å². The first-order valence-electron chi connectivity index (χ1n) is 19.2. The van der Waals surface area contributed by atoms with Crippen LogP contribution < -0.4 is 36.3 Å². The number of aryl methyl sites for hydroxylation is 2. The number of nitrogens with zero attached hydrogens (tertiary/aromatic N) is 3. The second-order valence-electron chi connectivity index (χ2n) is 14.3. The molecule has 16 nitrogen and oxygen atoms in total. The van der Waals surface area contributed by atoms with E-state index < -0.39 is 30.0 Å². The highest BCUT2D eigenvalue weighted by molar-refractivity contribution is 5.92. The molecule has 5 rings (SSSR count). The summed E-state index contributed by atoms with van der Waals surface area (Å²) < 4.78 is 12.6. The first-order valence-corrected chi connectivity index (χ1v) is 19.2. The molecule has 0 radical (unpaired) electrons. The monoisotopic (exact) mass is 777 g/mol. The Bertz CT molecular complexity index is 1880. The van der Waals surface area contributed by atoms with Crippen molar-refractivity contribution in [2.75, 3.05) is 39.9 Å². The van der Waals surface area contributed by atoms with Crippen molar-refractivity contribution in [2.24, 2.45) is 5.92 Å². The summed E-state index contributed by atoms with van der Waals surface area (Å²) in [6.07, 6.45) is 2.41. The predicted molar refractivity (Wildman–Crippen MR) is 209 cm³/mol. The van der Waals surface area contributed by atoms with Gasteiger partial charge in [0.15, 0.2) is 18.1 Å². The van der Waals surface area contributed by atoms with Crippen LogP contribution in [-0.4, -0.2) is 107 Å². The van der Waals surface area contributed by atoms with Crippen molar-refractivity contribution in [1.82, 2.24) is 35.7 Å². The van der Waals surface area contributed by atoms with Crippen LogP contribution in [-0.2, 0) is 36.9 Å². The quantitative estimate of drug-likeness (QED) is 0.218. The molecular formula is C40H55N7O9. The van der Waals surface area contributed by atoms with Crippen LogP contribution in [0.3, 0.4) is 0 Å². The Balaban J connectivity index is 1.47. The van der Waals surface area contributed by atoms with Crippen LogP contribution in [0.25, 0.3) is 10.9 Å². The third kappa shape index (κ3) is 13.1. The lowest BCUT2D eigenvalue weighted by Gasteiger charge is -2.26. The number of nitrogens with one attached hydrogen (secondary N) is 4. The number of aliphatic hydroxyl groups is 1. The van der Waals surface area contributed by atoms with Crippen LogP contribution >= 0.6 is 0 Å². The number of aromatic nitrogens is 2. The zero-order valence-electron chi connectivity index (χ0n) is 32.7. The Morgan fingerprint density at radius 3 is 2.43 bits per heavy atom. The van der Waals surface area contributed by atoms with E-state index in [4.69, 9.17) is 9.47 Å². The molecule has 0 saturated heterocycles. The van der Waals surface area contributed by atoms with Crippen molar-refractivity contribution in [3.05, 3.63) is 64.7 Å². The number of aliphatic hydroxyl groups excluding tert-OH is 1. The highest BCUT2D eigenvalue weighted by atomic mass is 16.5. The van der Waals surface area contributed by atoms with Gasteiger partial charge < -0.3 is 40.7 Å². The van der Waals surface area contributed by atoms with Gasteiger partial charge in [0.1, 0.15) is 12.1 Å². The molecule has 304 valence electrons. The van der Waals surface area contributed by atoms with Crippen molar-refractivity contribution in [3.8, 4) is 11.5 Å². The van der Waals surface area contributed by atoms with Gasteiger partial charge in [-0.15, -0.1) is 0 Å². The van der Waals surface area contributed by atoms with Crippen LogP contribution in [0.4, 0.5) is 0 Å². The van der Waals surface area contributed by atoms with Crippen molar-refractivity contribution in [3.63, 3.8) is 0 Å². The second-order valence-corrected chi connectivity index (χ2v) is 14.3. The molecule has 2 aromatic carbocycles. The Morgan fingerprint density at radius 1 is 0.929 bits per heavy atom. The summed E-state index contributed by atoms with van der Waals surface area (Å²) in [4.78, 5) is 84.8. The van der Waals surface area contributed by atoms with Gasteiger partial charge in [0.05, 0.1) is 30.4 Å². The van der Waals surface area contributed by atoms with Crippen molar-refractivity contribution < 1.29 is 38.6 Å². The standard InChI is InChI=1S/C40H55N7O9/c1-26(2)22-31-38(52)45-37(27(3)48)39(53)42-17-7-8-19-46(36(51)16-21-47-25-43-30-11-6-5-10-29(30)40(47)54)20-9-18-41-35(50)24-56-32-14-12-28(23-33(32)55-4)13-15-34(49)44-31/h5-6,10-12,14,23,25-27,31,37,48H,7-9,13,15-22,24H2,1-4H3,(H,41,50)(H,42,53)(H,44,49)(H,45,52)/t27-,31-,37+/m1/s1. The average molecular weight is 778 g/mol. The minimum absolute atomic E-state index is 0.0363. The molecule has 0 aliphatic carbocycles. The number of para-hydroxylation sites is 1. The number of methoxy groups -OCH3 is 1. The van der Waals surface area contributed by atoms with Gasteiger partial charge >= 0.3 is 0 Å².